The molecule has 0 atom stereocenters. The molecule has 0 spiro atoms. The number of nitriles is 1. The van der Waals surface area contributed by atoms with Gasteiger partial charge in [-0.25, -0.2) is 0 Å². The van der Waals surface area contributed by atoms with Gasteiger partial charge >= 0.3 is 6.08 Å². The molecule has 64 valence electrons. The van der Waals surface area contributed by atoms with Crippen LogP contribution in [0.3, 0.4) is 0 Å². The Kier molecular flexibility index (Phi) is 1.64. The molecule has 2 aromatic rings. The van der Waals surface area contributed by atoms with Crippen LogP contribution in [0.25, 0.3) is 11.1 Å². The summed E-state index contributed by atoms with van der Waals surface area (Å²) in [5, 5.41) is 8.62. The second-order valence-corrected chi connectivity index (χ2v) is 2.48. The van der Waals surface area contributed by atoms with Gasteiger partial charge in [-0.2, -0.15) is 10.2 Å². The van der Waals surface area contributed by atoms with Gasteiger partial charge in [-0.1, -0.05) is 0 Å². The summed E-state index contributed by atoms with van der Waals surface area (Å²) in [7, 11) is 1.48. The minimum Gasteiger partial charge on any atom is -0.453 e. The summed E-state index contributed by atoms with van der Waals surface area (Å²) in [5.74, 6) is 0. The van der Waals surface area contributed by atoms with Gasteiger partial charge in [0, 0.05) is 6.07 Å². The van der Waals surface area contributed by atoms with Gasteiger partial charge < -0.3 is 9.15 Å². The molecule has 2 rings (SSSR count). The molecule has 0 aliphatic rings. The highest BCUT2D eigenvalue weighted by Gasteiger charge is 2.05. The van der Waals surface area contributed by atoms with Gasteiger partial charge in [-0.15, -0.1) is 0 Å². The Morgan fingerprint density at radius 1 is 1.54 bits per heavy atom. The third-order valence-electron chi connectivity index (χ3n) is 1.67. The molecule has 1 heterocycles. The van der Waals surface area contributed by atoms with Crippen LogP contribution < -0.4 is 4.74 Å². The van der Waals surface area contributed by atoms with Crippen molar-refractivity contribution in [3.8, 4) is 12.1 Å². The van der Waals surface area contributed by atoms with Gasteiger partial charge in [0.1, 0.15) is 5.52 Å². The summed E-state index contributed by atoms with van der Waals surface area (Å²) >= 11 is 0. The summed E-state index contributed by atoms with van der Waals surface area (Å²) in [6, 6.07) is 7.05. The molecule has 0 bridgehead atoms. The van der Waals surface area contributed by atoms with Crippen molar-refractivity contribution in [3.05, 3.63) is 23.8 Å². The van der Waals surface area contributed by atoms with E-state index in [1.54, 1.807) is 18.2 Å². The Balaban J connectivity index is 2.65. The molecule has 0 unspecified atom stereocenters. The highest BCUT2D eigenvalue weighted by molar-refractivity contribution is 5.74. The monoisotopic (exact) mass is 174 g/mol. The number of nitrogens with zero attached hydrogens (tertiary/aromatic N) is 2. The highest BCUT2D eigenvalue weighted by atomic mass is 16.6. The first-order chi connectivity index (χ1) is 6.33. The first kappa shape index (κ1) is 7.62. The average molecular weight is 174 g/mol. The van der Waals surface area contributed by atoms with Crippen molar-refractivity contribution in [1.82, 2.24) is 4.98 Å². The molecule has 0 fully saturated rings. The Morgan fingerprint density at radius 3 is 3.08 bits per heavy atom. The van der Waals surface area contributed by atoms with Crippen LogP contribution in [0.1, 0.15) is 5.56 Å². The molecule has 0 aliphatic carbocycles. The van der Waals surface area contributed by atoms with E-state index in [4.69, 9.17) is 14.4 Å². The van der Waals surface area contributed by atoms with Gasteiger partial charge in [0.15, 0.2) is 5.58 Å². The number of methoxy groups -OCH3 is 1. The molecule has 0 amide bonds. The minimum atomic E-state index is 0.213. The second-order valence-electron chi connectivity index (χ2n) is 2.48. The van der Waals surface area contributed by atoms with Gasteiger partial charge in [0.2, 0.25) is 0 Å². The zero-order valence-corrected chi connectivity index (χ0v) is 6.94. The van der Waals surface area contributed by atoms with E-state index in [1.165, 1.54) is 7.11 Å². The van der Waals surface area contributed by atoms with Crippen molar-refractivity contribution >= 4 is 11.1 Å². The topological polar surface area (TPSA) is 59.0 Å². The van der Waals surface area contributed by atoms with E-state index in [0.29, 0.717) is 16.7 Å². The van der Waals surface area contributed by atoms with Crippen molar-refractivity contribution in [2.24, 2.45) is 0 Å². The maximum atomic E-state index is 8.62. The van der Waals surface area contributed by atoms with E-state index in [1.807, 2.05) is 6.07 Å². The second kappa shape index (κ2) is 2.79. The lowest BCUT2D eigenvalue weighted by Crippen LogP contribution is -1.79. The first-order valence-electron chi connectivity index (χ1n) is 3.68. The first-order valence-corrected chi connectivity index (χ1v) is 3.68. The number of ether oxygens (including phenoxy) is 1. The Hall–Kier alpha value is -2.02. The lowest BCUT2D eigenvalue weighted by molar-refractivity contribution is 0.299. The maximum absolute atomic E-state index is 8.62. The standard InChI is InChI=1S/C9H6N2O2/c1-12-9-11-7-3-2-6(5-10)4-8(7)13-9/h2-4H,1H3. The van der Waals surface area contributed by atoms with Crippen molar-refractivity contribution in [2.75, 3.05) is 7.11 Å². The summed E-state index contributed by atoms with van der Waals surface area (Å²) < 4.78 is 9.99. The fourth-order valence-corrected chi connectivity index (χ4v) is 1.06. The molecule has 1 aromatic carbocycles. The number of oxazole rings is 1. The normalized spacial score (nSPS) is 9.85. The fraction of sp³-hybridized carbons (Fsp3) is 0.111. The van der Waals surface area contributed by atoms with E-state index in [2.05, 4.69) is 4.98 Å². The molecule has 1 aromatic heterocycles. The van der Waals surface area contributed by atoms with E-state index in [0.717, 1.165) is 0 Å². The molecular weight excluding hydrogens is 168 g/mol. The third-order valence-corrected chi connectivity index (χ3v) is 1.67. The van der Waals surface area contributed by atoms with E-state index in [-0.39, 0.29) is 6.08 Å². The van der Waals surface area contributed by atoms with Crippen LogP contribution in [-0.2, 0) is 0 Å². The van der Waals surface area contributed by atoms with Crippen molar-refractivity contribution in [2.45, 2.75) is 0 Å². The van der Waals surface area contributed by atoms with E-state index in [9.17, 15) is 0 Å². The predicted molar refractivity (Wildman–Crippen MR) is 45.3 cm³/mol. The van der Waals surface area contributed by atoms with Crippen molar-refractivity contribution in [1.29, 1.82) is 5.26 Å². The smallest absolute Gasteiger partial charge is 0.394 e. The zero-order chi connectivity index (χ0) is 9.26. The Morgan fingerprint density at radius 2 is 2.38 bits per heavy atom. The van der Waals surface area contributed by atoms with Crippen LogP contribution in [-0.4, -0.2) is 12.1 Å². The van der Waals surface area contributed by atoms with Crippen LogP contribution in [0.5, 0.6) is 6.08 Å². The third kappa shape index (κ3) is 1.20. The zero-order valence-electron chi connectivity index (χ0n) is 6.94. The van der Waals surface area contributed by atoms with Gasteiger partial charge in [0.05, 0.1) is 18.7 Å². The molecule has 0 N–H and O–H groups in total. The minimum absolute atomic E-state index is 0.213. The summed E-state index contributed by atoms with van der Waals surface area (Å²) in [5.41, 5.74) is 1.80. The lowest BCUT2D eigenvalue weighted by atomic mass is 10.2. The number of benzene rings is 1. The van der Waals surface area contributed by atoms with Crippen LogP contribution in [0.4, 0.5) is 0 Å². The Bertz CT molecular complexity index is 482. The van der Waals surface area contributed by atoms with Gasteiger partial charge in [-0.3, -0.25) is 0 Å². The summed E-state index contributed by atoms with van der Waals surface area (Å²) in [4.78, 5) is 4.01. The van der Waals surface area contributed by atoms with Crippen LogP contribution in [0.15, 0.2) is 22.6 Å². The van der Waals surface area contributed by atoms with Crippen LogP contribution >= 0.6 is 0 Å². The molecule has 4 heteroatoms. The predicted octanol–water partition coefficient (Wildman–Crippen LogP) is 1.71. The molecule has 0 saturated heterocycles. The fourth-order valence-electron chi connectivity index (χ4n) is 1.06. The molecular formula is C9H6N2O2. The molecule has 0 aliphatic heterocycles. The number of hydrogen-bond acceptors (Lipinski definition) is 4. The largest absolute Gasteiger partial charge is 0.453 e. The van der Waals surface area contributed by atoms with E-state index >= 15 is 0 Å². The number of rotatable bonds is 1. The number of fused-ring (bicyclic) bond motifs is 1. The SMILES string of the molecule is COc1nc2ccc(C#N)cc2o1. The average Bonchev–Trinajstić information content (AvgIpc) is 2.58. The number of hydrogen-bond donors (Lipinski definition) is 0. The van der Waals surface area contributed by atoms with Crippen molar-refractivity contribution in [3.63, 3.8) is 0 Å². The quantitative estimate of drug-likeness (QED) is 0.660. The Labute approximate surface area is 74.4 Å². The molecule has 4 nitrogen and oxygen atoms in total. The molecule has 0 radical (unpaired) electrons. The molecule has 0 saturated carbocycles. The van der Waals surface area contributed by atoms with Crippen molar-refractivity contribution < 1.29 is 9.15 Å². The van der Waals surface area contributed by atoms with Gasteiger partial charge in [-0.05, 0) is 12.1 Å². The summed E-state index contributed by atoms with van der Waals surface area (Å²) in [6.45, 7) is 0. The van der Waals surface area contributed by atoms with E-state index < -0.39 is 0 Å². The maximum Gasteiger partial charge on any atom is 0.394 e. The summed E-state index contributed by atoms with van der Waals surface area (Å²) in [6.07, 6.45) is 0.213. The highest BCUT2D eigenvalue weighted by Crippen LogP contribution is 2.20. The number of aromatic nitrogens is 1. The lowest BCUT2D eigenvalue weighted by Gasteiger charge is -1.86. The van der Waals surface area contributed by atoms with Crippen LogP contribution in [0.2, 0.25) is 0 Å². The molecule has 13 heavy (non-hydrogen) atoms. The van der Waals surface area contributed by atoms with Gasteiger partial charge in [0.25, 0.3) is 0 Å². The van der Waals surface area contributed by atoms with Crippen LogP contribution in [0, 0.1) is 11.3 Å².